The number of amides is 2. The summed E-state index contributed by atoms with van der Waals surface area (Å²) in [6.45, 7) is 2.36. The van der Waals surface area contributed by atoms with Gasteiger partial charge in [0.25, 0.3) is 0 Å². The minimum absolute atomic E-state index is 0.144. The highest BCUT2D eigenvalue weighted by molar-refractivity contribution is 7.08. The number of nitrogens with zero attached hydrogens (tertiary/aromatic N) is 1. The number of allylic oxidation sites excluding steroid dienone is 1. The highest BCUT2D eigenvalue weighted by Gasteiger charge is 2.42. The number of hydrogen-bond donors (Lipinski definition) is 1. The maximum Gasteiger partial charge on any atom is 0.338 e. The van der Waals surface area contributed by atoms with Crippen molar-refractivity contribution in [3.8, 4) is 0 Å². The summed E-state index contributed by atoms with van der Waals surface area (Å²) >= 11 is 1.53. The number of carbonyl (C=O) groups excluding carboxylic acids is 2. The Morgan fingerprint density at radius 3 is 2.83 bits per heavy atom. The van der Waals surface area contributed by atoms with E-state index in [1.807, 2.05) is 23.8 Å². The molecule has 0 radical (unpaired) electrons. The van der Waals surface area contributed by atoms with E-state index in [2.05, 4.69) is 5.32 Å². The molecule has 1 aliphatic heterocycles. The number of ether oxygens (including phenoxy) is 2. The number of esters is 1. The van der Waals surface area contributed by atoms with Gasteiger partial charge >= 0.3 is 12.0 Å². The molecule has 2 heterocycles. The second-order valence-electron chi connectivity index (χ2n) is 5.67. The van der Waals surface area contributed by atoms with E-state index >= 15 is 0 Å². The maximum atomic E-state index is 12.6. The zero-order valence-corrected chi connectivity index (χ0v) is 14.0. The Morgan fingerprint density at radius 1 is 1.43 bits per heavy atom. The van der Waals surface area contributed by atoms with Gasteiger partial charge in [-0.05, 0) is 42.2 Å². The molecule has 124 valence electrons. The first-order chi connectivity index (χ1) is 11.1. The Labute approximate surface area is 139 Å². The van der Waals surface area contributed by atoms with Crippen LogP contribution < -0.4 is 5.32 Å². The lowest BCUT2D eigenvalue weighted by molar-refractivity contribution is -0.140. The first-order valence-corrected chi connectivity index (χ1v) is 8.56. The molecule has 23 heavy (non-hydrogen) atoms. The fourth-order valence-corrected chi connectivity index (χ4v) is 3.46. The third-order valence-electron chi connectivity index (χ3n) is 4.06. The van der Waals surface area contributed by atoms with Crippen LogP contribution in [0.15, 0.2) is 28.1 Å². The highest BCUT2D eigenvalue weighted by Crippen LogP contribution is 2.38. The van der Waals surface area contributed by atoms with E-state index in [9.17, 15) is 9.59 Å². The minimum Gasteiger partial charge on any atom is -0.460 e. The van der Waals surface area contributed by atoms with Gasteiger partial charge in [0.05, 0.1) is 18.2 Å². The van der Waals surface area contributed by atoms with Crippen LogP contribution in [0.4, 0.5) is 4.79 Å². The number of nitrogens with one attached hydrogen (secondary N) is 1. The number of carbonyl (C=O) groups is 2. The topological polar surface area (TPSA) is 67.9 Å². The van der Waals surface area contributed by atoms with E-state index in [1.54, 1.807) is 12.0 Å². The summed E-state index contributed by atoms with van der Waals surface area (Å²) in [5, 5.41) is 6.81. The van der Waals surface area contributed by atoms with Gasteiger partial charge in [0, 0.05) is 18.8 Å². The van der Waals surface area contributed by atoms with Crippen molar-refractivity contribution in [2.45, 2.75) is 31.8 Å². The summed E-state index contributed by atoms with van der Waals surface area (Å²) in [6.07, 6.45) is 1.94. The monoisotopic (exact) mass is 336 g/mol. The normalized spacial score (nSPS) is 21.4. The Kier molecular flexibility index (Phi) is 4.68. The molecular formula is C16H20N2O4S. The maximum absolute atomic E-state index is 12.6. The van der Waals surface area contributed by atoms with Crippen molar-refractivity contribution < 1.29 is 19.1 Å². The van der Waals surface area contributed by atoms with Crippen molar-refractivity contribution in [2.75, 3.05) is 20.3 Å². The molecule has 3 rings (SSSR count). The fourth-order valence-electron chi connectivity index (χ4n) is 2.78. The van der Waals surface area contributed by atoms with Crippen LogP contribution in [0.25, 0.3) is 0 Å². The molecule has 2 amide bonds. The molecule has 1 saturated carbocycles. The summed E-state index contributed by atoms with van der Waals surface area (Å²) in [6, 6.07) is 1.51. The van der Waals surface area contributed by atoms with Crippen LogP contribution in [0.3, 0.4) is 0 Å². The molecule has 0 saturated heterocycles. The molecule has 1 aromatic rings. The van der Waals surface area contributed by atoms with Gasteiger partial charge in [-0.3, -0.25) is 4.90 Å². The lowest BCUT2D eigenvalue weighted by atomic mass is 9.97. The molecule has 0 bridgehead atoms. The highest BCUT2D eigenvalue weighted by atomic mass is 32.1. The minimum atomic E-state index is -0.459. The Morgan fingerprint density at radius 2 is 2.22 bits per heavy atom. The number of methoxy groups -OCH3 is 1. The third kappa shape index (κ3) is 3.25. The first-order valence-electron chi connectivity index (χ1n) is 7.62. The van der Waals surface area contributed by atoms with E-state index in [-0.39, 0.29) is 18.7 Å². The van der Waals surface area contributed by atoms with Crippen molar-refractivity contribution in [1.29, 1.82) is 0 Å². The molecule has 7 heteroatoms. The van der Waals surface area contributed by atoms with Crippen molar-refractivity contribution in [1.82, 2.24) is 10.2 Å². The van der Waals surface area contributed by atoms with Gasteiger partial charge in [-0.25, -0.2) is 9.59 Å². The quantitative estimate of drug-likeness (QED) is 0.640. The number of urea groups is 1. The number of hydrogen-bond acceptors (Lipinski definition) is 5. The largest absolute Gasteiger partial charge is 0.460 e. The summed E-state index contributed by atoms with van der Waals surface area (Å²) < 4.78 is 10.2. The summed E-state index contributed by atoms with van der Waals surface area (Å²) in [5.41, 5.74) is 2.10. The van der Waals surface area contributed by atoms with Crippen LogP contribution in [0.5, 0.6) is 0 Å². The Hall–Kier alpha value is -1.86. The van der Waals surface area contributed by atoms with Crippen molar-refractivity contribution >= 4 is 23.3 Å². The second kappa shape index (κ2) is 6.72. The van der Waals surface area contributed by atoms with Crippen LogP contribution in [0.1, 0.15) is 31.4 Å². The Balaban J connectivity index is 1.92. The molecule has 6 nitrogen and oxygen atoms in total. The molecule has 2 aliphatic rings. The SMILES string of the molecule is COCCOC(=O)C1=C(C)N(C2CC2)C(=O)NC1c1ccsc1. The average Bonchev–Trinajstić information content (AvgIpc) is 3.19. The summed E-state index contributed by atoms with van der Waals surface area (Å²) in [7, 11) is 1.56. The van der Waals surface area contributed by atoms with Gasteiger partial charge in [-0.1, -0.05) is 0 Å². The average molecular weight is 336 g/mol. The van der Waals surface area contributed by atoms with Gasteiger partial charge in [0.1, 0.15) is 6.61 Å². The molecule has 1 atom stereocenters. The van der Waals surface area contributed by atoms with Crippen LogP contribution in [-0.2, 0) is 14.3 Å². The summed E-state index contributed by atoms with van der Waals surface area (Å²) in [5.74, 6) is -0.401. The third-order valence-corrected chi connectivity index (χ3v) is 4.76. The van der Waals surface area contributed by atoms with E-state index in [1.165, 1.54) is 11.3 Å². The standard InChI is InChI=1S/C16H20N2O4S/c1-10-13(15(19)22-7-6-21-2)14(11-5-8-23-9-11)17-16(20)18(10)12-3-4-12/h5,8-9,12,14H,3-4,6-7H2,1-2H3,(H,17,20). The Bertz CT molecular complexity index is 622. The van der Waals surface area contributed by atoms with E-state index < -0.39 is 12.0 Å². The predicted octanol–water partition coefficient (Wildman–Crippen LogP) is 2.44. The van der Waals surface area contributed by atoms with Crippen molar-refractivity contribution in [3.63, 3.8) is 0 Å². The van der Waals surface area contributed by atoms with Gasteiger partial charge in [0.2, 0.25) is 0 Å². The molecule has 0 spiro atoms. The van der Waals surface area contributed by atoms with Crippen molar-refractivity contribution in [3.05, 3.63) is 33.7 Å². The number of rotatable bonds is 6. The predicted molar refractivity (Wildman–Crippen MR) is 86.0 cm³/mol. The van der Waals surface area contributed by atoms with Gasteiger partial charge in [-0.2, -0.15) is 11.3 Å². The molecule has 1 aromatic heterocycles. The molecule has 1 aliphatic carbocycles. The van der Waals surface area contributed by atoms with Crippen LogP contribution in [0.2, 0.25) is 0 Å². The van der Waals surface area contributed by atoms with Crippen LogP contribution >= 0.6 is 11.3 Å². The van der Waals surface area contributed by atoms with Gasteiger partial charge < -0.3 is 14.8 Å². The van der Waals surface area contributed by atoms with Crippen LogP contribution in [-0.4, -0.2) is 43.3 Å². The molecule has 1 fully saturated rings. The summed E-state index contributed by atoms with van der Waals surface area (Å²) in [4.78, 5) is 26.7. The first kappa shape index (κ1) is 16.0. The number of thiophene rings is 1. The smallest absolute Gasteiger partial charge is 0.338 e. The molecule has 0 aromatic carbocycles. The molecule has 1 N–H and O–H groups in total. The van der Waals surface area contributed by atoms with Crippen molar-refractivity contribution in [2.24, 2.45) is 0 Å². The zero-order chi connectivity index (χ0) is 16.4. The molecule has 1 unspecified atom stereocenters. The van der Waals surface area contributed by atoms with E-state index in [4.69, 9.17) is 9.47 Å². The lowest BCUT2D eigenvalue weighted by Gasteiger charge is -2.35. The second-order valence-corrected chi connectivity index (χ2v) is 6.45. The zero-order valence-electron chi connectivity index (χ0n) is 13.2. The molecular weight excluding hydrogens is 316 g/mol. The van der Waals surface area contributed by atoms with E-state index in [0.717, 1.165) is 18.4 Å². The lowest BCUT2D eigenvalue weighted by Crippen LogP contribution is -2.48. The van der Waals surface area contributed by atoms with E-state index in [0.29, 0.717) is 17.9 Å². The van der Waals surface area contributed by atoms with Gasteiger partial charge in [-0.15, -0.1) is 0 Å². The van der Waals surface area contributed by atoms with Gasteiger partial charge in [0.15, 0.2) is 0 Å². The fraction of sp³-hybridized carbons (Fsp3) is 0.500. The van der Waals surface area contributed by atoms with Crippen LogP contribution in [0, 0.1) is 0 Å².